The molecule has 3 nitrogen and oxygen atoms in total. The Morgan fingerprint density at radius 3 is 2.82 bits per heavy atom. The Morgan fingerprint density at radius 1 is 1.35 bits per heavy atom. The number of nitrogens with two attached hydrogens (primary N) is 1. The molecular formula is C13H16FN3. The van der Waals surface area contributed by atoms with Gasteiger partial charge in [-0.25, -0.2) is 9.37 Å². The molecule has 0 aliphatic carbocycles. The van der Waals surface area contributed by atoms with Crippen LogP contribution in [0.1, 0.15) is 13.8 Å². The van der Waals surface area contributed by atoms with E-state index < -0.39 is 0 Å². The fraction of sp³-hybridized carbons (Fsp3) is 0.308. The number of halogens is 1. The van der Waals surface area contributed by atoms with Crippen LogP contribution in [0.5, 0.6) is 0 Å². The third-order valence-corrected chi connectivity index (χ3v) is 2.58. The van der Waals surface area contributed by atoms with Gasteiger partial charge in [-0.15, -0.1) is 0 Å². The van der Waals surface area contributed by atoms with Crippen LogP contribution < -0.4 is 11.1 Å². The topological polar surface area (TPSA) is 50.9 Å². The third-order valence-electron chi connectivity index (χ3n) is 2.58. The van der Waals surface area contributed by atoms with Crippen LogP contribution in [-0.4, -0.2) is 11.5 Å². The van der Waals surface area contributed by atoms with Crippen molar-refractivity contribution < 1.29 is 4.39 Å². The van der Waals surface area contributed by atoms with Crippen molar-refractivity contribution in [1.29, 1.82) is 0 Å². The molecular weight excluding hydrogens is 217 g/mol. The quantitative estimate of drug-likeness (QED) is 0.801. The van der Waals surface area contributed by atoms with Crippen LogP contribution in [0.4, 0.5) is 15.9 Å². The lowest BCUT2D eigenvalue weighted by Crippen LogP contribution is -2.10. The highest BCUT2D eigenvalue weighted by molar-refractivity contribution is 6.00. The Labute approximate surface area is 99.8 Å². The molecule has 0 unspecified atom stereocenters. The molecule has 0 atom stereocenters. The van der Waals surface area contributed by atoms with Crippen LogP contribution in [0.3, 0.4) is 0 Å². The van der Waals surface area contributed by atoms with E-state index in [4.69, 9.17) is 5.73 Å². The maximum absolute atomic E-state index is 13.6. The molecule has 17 heavy (non-hydrogen) atoms. The average Bonchev–Trinajstić information content (AvgIpc) is 2.31. The molecule has 1 heterocycles. The van der Waals surface area contributed by atoms with E-state index in [2.05, 4.69) is 24.1 Å². The summed E-state index contributed by atoms with van der Waals surface area (Å²) in [4.78, 5) is 4.22. The third kappa shape index (κ3) is 2.30. The first kappa shape index (κ1) is 11.6. The highest BCUT2D eigenvalue weighted by atomic mass is 19.1. The van der Waals surface area contributed by atoms with E-state index in [1.54, 1.807) is 18.3 Å². The first-order valence-corrected chi connectivity index (χ1v) is 5.66. The Morgan fingerprint density at radius 2 is 2.12 bits per heavy atom. The summed E-state index contributed by atoms with van der Waals surface area (Å²) < 4.78 is 13.6. The van der Waals surface area contributed by atoms with E-state index in [0.717, 1.165) is 6.54 Å². The summed E-state index contributed by atoms with van der Waals surface area (Å²) in [6.45, 7) is 4.98. The van der Waals surface area contributed by atoms with Crippen LogP contribution >= 0.6 is 0 Å². The number of hydrogen-bond acceptors (Lipinski definition) is 3. The molecule has 0 aliphatic heterocycles. The van der Waals surface area contributed by atoms with Gasteiger partial charge >= 0.3 is 0 Å². The molecule has 0 aliphatic rings. The van der Waals surface area contributed by atoms with Gasteiger partial charge < -0.3 is 11.1 Å². The van der Waals surface area contributed by atoms with E-state index in [9.17, 15) is 4.39 Å². The van der Waals surface area contributed by atoms with E-state index in [1.165, 1.54) is 6.07 Å². The zero-order valence-electron chi connectivity index (χ0n) is 10.00. The SMILES string of the molecule is CC(C)CNc1nccc2c(F)ccc(N)c12. The van der Waals surface area contributed by atoms with Crippen LogP contribution in [0.2, 0.25) is 0 Å². The van der Waals surface area contributed by atoms with Crippen LogP contribution in [0.25, 0.3) is 10.8 Å². The number of nitrogens with zero attached hydrogens (tertiary/aromatic N) is 1. The predicted octanol–water partition coefficient (Wildman–Crippen LogP) is 3.02. The monoisotopic (exact) mass is 233 g/mol. The smallest absolute Gasteiger partial charge is 0.136 e. The zero-order chi connectivity index (χ0) is 12.4. The van der Waals surface area contributed by atoms with Gasteiger partial charge in [0.1, 0.15) is 11.6 Å². The van der Waals surface area contributed by atoms with Crippen molar-refractivity contribution in [3.8, 4) is 0 Å². The molecule has 1 aromatic heterocycles. The summed E-state index contributed by atoms with van der Waals surface area (Å²) in [6.07, 6.45) is 1.59. The minimum absolute atomic E-state index is 0.274. The van der Waals surface area contributed by atoms with Crippen LogP contribution in [0, 0.1) is 11.7 Å². The number of pyridine rings is 1. The minimum Gasteiger partial charge on any atom is -0.398 e. The second-order valence-corrected chi connectivity index (χ2v) is 4.49. The van der Waals surface area contributed by atoms with Gasteiger partial charge in [-0.3, -0.25) is 0 Å². The highest BCUT2D eigenvalue weighted by Crippen LogP contribution is 2.29. The summed E-state index contributed by atoms with van der Waals surface area (Å²) in [7, 11) is 0. The van der Waals surface area contributed by atoms with E-state index in [-0.39, 0.29) is 5.82 Å². The first-order chi connectivity index (χ1) is 8.09. The summed E-state index contributed by atoms with van der Waals surface area (Å²) in [6, 6.07) is 4.59. The normalized spacial score (nSPS) is 11.1. The van der Waals surface area contributed by atoms with Crippen molar-refractivity contribution in [3.63, 3.8) is 0 Å². The molecule has 0 spiro atoms. The van der Waals surface area contributed by atoms with Crippen molar-refractivity contribution in [2.24, 2.45) is 5.92 Å². The summed E-state index contributed by atoms with van der Waals surface area (Å²) in [5, 5.41) is 4.36. The lowest BCUT2D eigenvalue weighted by Gasteiger charge is -2.12. The van der Waals surface area contributed by atoms with Gasteiger partial charge in [0, 0.05) is 23.8 Å². The largest absolute Gasteiger partial charge is 0.398 e. The number of fused-ring (bicyclic) bond motifs is 1. The molecule has 2 aromatic rings. The molecule has 0 fully saturated rings. The van der Waals surface area contributed by atoms with Gasteiger partial charge in [0.25, 0.3) is 0 Å². The van der Waals surface area contributed by atoms with Crippen molar-refractivity contribution in [2.45, 2.75) is 13.8 Å². The number of anilines is 2. The lowest BCUT2D eigenvalue weighted by atomic mass is 10.1. The second kappa shape index (κ2) is 4.57. The van der Waals surface area contributed by atoms with Gasteiger partial charge in [0.2, 0.25) is 0 Å². The first-order valence-electron chi connectivity index (χ1n) is 5.66. The molecule has 0 saturated heterocycles. The maximum Gasteiger partial charge on any atom is 0.136 e. The predicted molar refractivity (Wildman–Crippen MR) is 69.4 cm³/mol. The van der Waals surface area contributed by atoms with Crippen molar-refractivity contribution in [1.82, 2.24) is 4.98 Å². The Hall–Kier alpha value is -1.84. The fourth-order valence-corrected chi connectivity index (χ4v) is 1.72. The lowest BCUT2D eigenvalue weighted by molar-refractivity contribution is 0.640. The van der Waals surface area contributed by atoms with Gasteiger partial charge in [0.05, 0.1) is 5.39 Å². The molecule has 1 aromatic carbocycles. The fourth-order valence-electron chi connectivity index (χ4n) is 1.72. The Bertz CT molecular complexity index is 537. The summed E-state index contributed by atoms with van der Waals surface area (Å²) in [5.74, 6) is 0.860. The Kier molecular flexibility index (Phi) is 3.13. The summed E-state index contributed by atoms with van der Waals surface area (Å²) >= 11 is 0. The van der Waals surface area contributed by atoms with Crippen molar-refractivity contribution in [3.05, 3.63) is 30.2 Å². The van der Waals surface area contributed by atoms with Gasteiger partial charge in [-0.05, 0) is 24.1 Å². The van der Waals surface area contributed by atoms with Gasteiger partial charge in [-0.2, -0.15) is 0 Å². The molecule has 0 amide bonds. The number of nitrogen functional groups attached to an aromatic ring is 1. The van der Waals surface area contributed by atoms with Gasteiger partial charge in [0.15, 0.2) is 0 Å². The van der Waals surface area contributed by atoms with Crippen LogP contribution in [-0.2, 0) is 0 Å². The van der Waals surface area contributed by atoms with Crippen LogP contribution in [0.15, 0.2) is 24.4 Å². The average molecular weight is 233 g/mol. The number of rotatable bonds is 3. The standard InChI is InChI=1S/C13H16FN3/c1-8(2)7-17-13-12-9(5-6-16-13)10(14)3-4-11(12)15/h3-6,8H,7,15H2,1-2H3,(H,16,17). The highest BCUT2D eigenvalue weighted by Gasteiger charge is 2.09. The van der Waals surface area contributed by atoms with Gasteiger partial charge in [-0.1, -0.05) is 13.8 Å². The number of benzene rings is 1. The minimum atomic E-state index is -0.274. The zero-order valence-corrected chi connectivity index (χ0v) is 10.00. The number of hydrogen-bond donors (Lipinski definition) is 2. The van der Waals surface area contributed by atoms with Crippen molar-refractivity contribution >= 4 is 22.3 Å². The van der Waals surface area contributed by atoms with E-state index in [0.29, 0.717) is 28.2 Å². The van der Waals surface area contributed by atoms with E-state index in [1.807, 2.05) is 0 Å². The summed E-state index contributed by atoms with van der Waals surface area (Å²) in [5.41, 5.74) is 6.43. The van der Waals surface area contributed by atoms with Crippen molar-refractivity contribution in [2.75, 3.05) is 17.6 Å². The molecule has 2 rings (SSSR count). The molecule has 0 bridgehead atoms. The molecule has 4 heteroatoms. The molecule has 0 radical (unpaired) electrons. The molecule has 0 saturated carbocycles. The molecule has 90 valence electrons. The Balaban J connectivity index is 2.52. The van der Waals surface area contributed by atoms with E-state index >= 15 is 0 Å². The second-order valence-electron chi connectivity index (χ2n) is 4.49. The maximum atomic E-state index is 13.6. The molecule has 3 N–H and O–H groups in total. The number of nitrogens with one attached hydrogen (secondary N) is 1. The number of aromatic nitrogens is 1.